The van der Waals surface area contributed by atoms with Crippen molar-refractivity contribution in [3.63, 3.8) is 0 Å². The Labute approximate surface area is 131 Å². The fourth-order valence-corrected chi connectivity index (χ4v) is 2.77. The molecule has 0 heterocycles. The zero-order valence-corrected chi connectivity index (χ0v) is 13.0. The van der Waals surface area contributed by atoms with Crippen LogP contribution >= 0.6 is 0 Å². The topological polar surface area (TPSA) is 20.2 Å². The summed E-state index contributed by atoms with van der Waals surface area (Å²) in [6.07, 6.45) is 0. The number of benzene rings is 3. The lowest BCUT2D eigenvalue weighted by Gasteiger charge is -2.30. The second-order valence-corrected chi connectivity index (χ2v) is 5.81. The average Bonchev–Trinajstić information content (AvgIpc) is 2.56. The van der Waals surface area contributed by atoms with Crippen molar-refractivity contribution in [2.45, 2.75) is 19.4 Å². The van der Waals surface area contributed by atoms with E-state index in [-0.39, 0.29) is 0 Å². The first-order valence-electron chi connectivity index (χ1n) is 7.53. The van der Waals surface area contributed by atoms with Gasteiger partial charge in [-0.05, 0) is 30.5 Å². The highest BCUT2D eigenvalue weighted by Crippen LogP contribution is 2.36. The van der Waals surface area contributed by atoms with Crippen LogP contribution in [0.1, 0.15) is 27.8 Å². The van der Waals surface area contributed by atoms with Gasteiger partial charge in [-0.25, -0.2) is 0 Å². The average molecular weight is 288 g/mol. The molecule has 0 bridgehead atoms. The Morgan fingerprint density at radius 2 is 0.909 bits per heavy atom. The van der Waals surface area contributed by atoms with Gasteiger partial charge in [0.2, 0.25) is 0 Å². The van der Waals surface area contributed by atoms with Crippen LogP contribution in [-0.2, 0) is 5.60 Å². The van der Waals surface area contributed by atoms with Gasteiger partial charge in [-0.3, -0.25) is 0 Å². The Kier molecular flexibility index (Phi) is 3.82. The lowest BCUT2D eigenvalue weighted by Crippen LogP contribution is -2.28. The summed E-state index contributed by atoms with van der Waals surface area (Å²) in [4.78, 5) is 0. The van der Waals surface area contributed by atoms with Gasteiger partial charge in [0.25, 0.3) is 0 Å². The van der Waals surface area contributed by atoms with E-state index in [1.54, 1.807) is 0 Å². The number of rotatable bonds is 3. The van der Waals surface area contributed by atoms with Crippen molar-refractivity contribution in [3.05, 3.63) is 107 Å². The van der Waals surface area contributed by atoms with Crippen molar-refractivity contribution < 1.29 is 5.11 Å². The summed E-state index contributed by atoms with van der Waals surface area (Å²) in [5.41, 5.74) is 3.87. The fourth-order valence-electron chi connectivity index (χ4n) is 2.77. The number of aliphatic hydroxyl groups is 1. The molecule has 1 N–H and O–H groups in total. The third kappa shape index (κ3) is 2.56. The van der Waals surface area contributed by atoms with Gasteiger partial charge in [-0.15, -0.1) is 0 Å². The molecule has 110 valence electrons. The zero-order chi connectivity index (χ0) is 15.6. The van der Waals surface area contributed by atoms with Gasteiger partial charge in [0.1, 0.15) is 5.60 Å². The number of hydrogen-bond acceptors (Lipinski definition) is 1. The first kappa shape index (κ1) is 14.6. The second-order valence-electron chi connectivity index (χ2n) is 5.81. The van der Waals surface area contributed by atoms with E-state index in [9.17, 15) is 5.11 Å². The van der Waals surface area contributed by atoms with E-state index < -0.39 is 5.60 Å². The summed E-state index contributed by atoms with van der Waals surface area (Å²) in [5.74, 6) is 0. The second kappa shape index (κ2) is 5.78. The smallest absolute Gasteiger partial charge is 0.140 e. The molecule has 0 radical (unpaired) electrons. The zero-order valence-electron chi connectivity index (χ0n) is 13.0. The lowest BCUT2D eigenvalue weighted by molar-refractivity contribution is 0.125. The van der Waals surface area contributed by atoms with E-state index >= 15 is 0 Å². The van der Waals surface area contributed by atoms with Crippen LogP contribution in [0.25, 0.3) is 0 Å². The Morgan fingerprint density at radius 1 is 0.545 bits per heavy atom. The Hall–Kier alpha value is -2.38. The van der Waals surface area contributed by atoms with Crippen LogP contribution in [0.2, 0.25) is 0 Å². The molecule has 0 saturated carbocycles. The van der Waals surface area contributed by atoms with Crippen molar-refractivity contribution in [1.82, 2.24) is 0 Å². The van der Waals surface area contributed by atoms with Gasteiger partial charge in [0.05, 0.1) is 0 Å². The SMILES string of the molecule is Cc1ccc(C(O)(c2ccccc2)c2ccc(C)cc2)cc1. The molecule has 0 aliphatic carbocycles. The summed E-state index contributed by atoms with van der Waals surface area (Å²) >= 11 is 0. The first-order valence-corrected chi connectivity index (χ1v) is 7.53. The summed E-state index contributed by atoms with van der Waals surface area (Å²) in [5, 5.41) is 11.6. The monoisotopic (exact) mass is 288 g/mol. The molecule has 0 aromatic heterocycles. The van der Waals surface area contributed by atoms with Gasteiger partial charge in [-0.1, -0.05) is 90.0 Å². The predicted molar refractivity (Wildman–Crippen MR) is 90.9 cm³/mol. The molecule has 22 heavy (non-hydrogen) atoms. The molecule has 3 aromatic rings. The summed E-state index contributed by atoms with van der Waals surface area (Å²) in [6, 6.07) is 26.0. The maximum atomic E-state index is 11.6. The highest BCUT2D eigenvalue weighted by Gasteiger charge is 2.33. The quantitative estimate of drug-likeness (QED) is 0.699. The lowest BCUT2D eigenvalue weighted by atomic mass is 9.80. The largest absolute Gasteiger partial charge is 0.376 e. The van der Waals surface area contributed by atoms with E-state index in [2.05, 4.69) is 13.8 Å². The highest BCUT2D eigenvalue weighted by molar-refractivity contribution is 5.47. The van der Waals surface area contributed by atoms with Crippen LogP contribution in [0.15, 0.2) is 78.9 Å². The third-order valence-corrected chi connectivity index (χ3v) is 4.13. The summed E-state index contributed by atoms with van der Waals surface area (Å²) in [7, 11) is 0. The maximum Gasteiger partial charge on any atom is 0.140 e. The molecule has 0 atom stereocenters. The Bertz CT molecular complexity index is 695. The number of aryl methyl sites for hydroxylation is 2. The van der Waals surface area contributed by atoms with Crippen LogP contribution in [0, 0.1) is 13.8 Å². The van der Waals surface area contributed by atoms with Crippen LogP contribution in [0.4, 0.5) is 0 Å². The molecule has 0 amide bonds. The van der Waals surface area contributed by atoms with Crippen LogP contribution in [-0.4, -0.2) is 5.11 Å². The summed E-state index contributed by atoms with van der Waals surface area (Å²) in [6.45, 7) is 4.11. The van der Waals surface area contributed by atoms with Crippen LogP contribution < -0.4 is 0 Å². The van der Waals surface area contributed by atoms with Gasteiger partial charge >= 0.3 is 0 Å². The van der Waals surface area contributed by atoms with Gasteiger partial charge in [0.15, 0.2) is 0 Å². The van der Waals surface area contributed by atoms with E-state index in [1.165, 1.54) is 11.1 Å². The van der Waals surface area contributed by atoms with Crippen LogP contribution in [0.5, 0.6) is 0 Å². The molecule has 0 saturated heterocycles. The maximum absolute atomic E-state index is 11.6. The van der Waals surface area contributed by atoms with Gasteiger partial charge < -0.3 is 5.11 Å². The molecule has 3 rings (SSSR count). The van der Waals surface area contributed by atoms with Gasteiger partial charge in [-0.2, -0.15) is 0 Å². The highest BCUT2D eigenvalue weighted by atomic mass is 16.3. The van der Waals surface area contributed by atoms with E-state index in [0.717, 1.165) is 16.7 Å². The van der Waals surface area contributed by atoms with Crippen molar-refractivity contribution in [2.24, 2.45) is 0 Å². The third-order valence-electron chi connectivity index (χ3n) is 4.13. The Balaban J connectivity index is 2.22. The van der Waals surface area contributed by atoms with Crippen molar-refractivity contribution >= 4 is 0 Å². The predicted octanol–water partition coefficient (Wildman–Crippen LogP) is 4.59. The molecule has 1 nitrogen and oxygen atoms in total. The van der Waals surface area contributed by atoms with E-state index in [0.29, 0.717) is 0 Å². The first-order chi connectivity index (χ1) is 10.6. The molecular formula is C21H20O. The van der Waals surface area contributed by atoms with Crippen molar-refractivity contribution in [3.8, 4) is 0 Å². The molecule has 3 aromatic carbocycles. The standard InChI is InChI=1S/C21H20O/c1-16-8-12-19(13-9-16)21(22,18-6-4-3-5-7-18)20-14-10-17(2)11-15-20/h3-15,22H,1-2H3. The van der Waals surface area contributed by atoms with Crippen LogP contribution in [0.3, 0.4) is 0 Å². The minimum atomic E-state index is -1.14. The molecule has 0 unspecified atom stereocenters. The van der Waals surface area contributed by atoms with E-state index in [4.69, 9.17) is 0 Å². The Morgan fingerprint density at radius 3 is 1.32 bits per heavy atom. The minimum absolute atomic E-state index is 0.878. The fraction of sp³-hybridized carbons (Fsp3) is 0.143. The molecule has 0 fully saturated rings. The van der Waals surface area contributed by atoms with E-state index in [1.807, 2.05) is 78.9 Å². The van der Waals surface area contributed by atoms with Crippen molar-refractivity contribution in [1.29, 1.82) is 0 Å². The van der Waals surface area contributed by atoms with Gasteiger partial charge in [0, 0.05) is 0 Å². The molecule has 0 aliphatic heterocycles. The minimum Gasteiger partial charge on any atom is -0.376 e. The van der Waals surface area contributed by atoms with Crippen molar-refractivity contribution in [2.75, 3.05) is 0 Å². The molecule has 0 spiro atoms. The molecular weight excluding hydrogens is 268 g/mol. The summed E-state index contributed by atoms with van der Waals surface area (Å²) < 4.78 is 0. The molecule has 0 aliphatic rings. The number of hydrogen-bond donors (Lipinski definition) is 1. The normalized spacial score (nSPS) is 11.4. The molecule has 1 heteroatoms.